The van der Waals surface area contributed by atoms with Crippen LogP contribution in [0.3, 0.4) is 0 Å². The van der Waals surface area contributed by atoms with Crippen molar-refractivity contribution in [2.75, 3.05) is 0 Å². The van der Waals surface area contributed by atoms with Crippen molar-refractivity contribution in [3.63, 3.8) is 0 Å². The van der Waals surface area contributed by atoms with E-state index in [9.17, 15) is 9.90 Å². The predicted octanol–water partition coefficient (Wildman–Crippen LogP) is 3.43. The van der Waals surface area contributed by atoms with Gasteiger partial charge in [-0.2, -0.15) is 0 Å². The lowest BCUT2D eigenvalue weighted by atomic mass is 9.76. The van der Waals surface area contributed by atoms with E-state index in [0.29, 0.717) is 5.92 Å². The van der Waals surface area contributed by atoms with Crippen molar-refractivity contribution in [3.8, 4) is 0 Å². The highest BCUT2D eigenvalue weighted by Crippen LogP contribution is 2.32. The van der Waals surface area contributed by atoms with E-state index in [1.54, 1.807) is 0 Å². The van der Waals surface area contributed by atoms with E-state index in [0.717, 1.165) is 25.7 Å². The molecule has 0 amide bonds. The first-order valence-corrected chi connectivity index (χ1v) is 6.45. The molecule has 1 N–H and O–H groups in total. The molecule has 2 unspecified atom stereocenters. The van der Waals surface area contributed by atoms with Crippen LogP contribution >= 0.6 is 0 Å². The average molecular weight is 232 g/mol. The Kier molecular flexibility index (Phi) is 3.82. The molecule has 1 aliphatic carbocycles. The number of hydrogen-bond acceptors (Lipinski definition) is 1. The molecule has 0 aromatic heterocycles. The molecular formula is C15H20O2. The maximum atomic E-state index is 11.2. The molecule has 17 heavy (non-hydrogen) atoms. The molecule has 0 spiro atoms. The van der Waals surface area contributed by atoms with Gasteiger partial charge < -0.3 is 5.11 Å². The molecule has 1 aromatic carbocycles. The van der Waals surface area contributed by atoms with Gasteiger partial charge in [0.25, 0.3) is 0 Å². The molecular weight excluding hydrogens is 212 g/mol. The van der Waals surface area contributed by atoms with Gasteiger partial charge in [0.1, 0.15) is 0 Å². The summed E-state index contributed by atoms with van der Waals surface area (Å²) in [6.07, 6.45) is 5.08. The molecule has 2 atom stereocenters. The summed E-state index contributed by atoms with van der Waals surface area (Å²) >= 11 is 0. The summed E-state index contributed by atoms with van der Waals surface area (Å²) in [5, 5.41) is 9.23. The van der Waals surface area contributed by atoms with Crippen molar-refractivity contribution < 1.29 is 9.90 Å². The van der Waals surface area contributed by atoms with E-state index in [1.165, 1.54) is 17.5 Å². The van der Waals surface area contributed by atoms with Gasteiger partial charge in [0.05, 0.1) is 5.92 Å². The van der Waals surface area contributed by atoms with Crippen LogP contribution in [0.2, 0.25) is 0 Å². The van der Waals surface area contributed by atoms with E-state index in [4.69, 9.17) is 0 Å². The lowest BCUT2D eigenvalue weighted by Crippen LogP contribution is -2.28. The fourth-order valence-corrected chi connectivity index (χ4v) is 2.80. The summed E-state index contributed by atoms with van der Waals surface area (Å²) < 4.78 is 0. The lowest BCUT2D eigenvalue weighted by Gasteiger charge is -2.28. The number of carboxylic acid groups (broad SMARTS) is 1. The average Bonchev–Trinajstić information content (AvgIpc) is 2.32. The van der Waals surface area contributed by atoms with Crippen LogP contribution in [0.5, 0.6) is 0 Å². The van der Waals surface area contributed by atoms with Crippen molar-refractivity contribution in [2.45, 2.75) is 39.0 Å². The molecule has 1 aromatic rings. The molecule has 2 nitrogen and oxygen atoms in total. The number of aliphatic carboxylic acids is 1. The second-order valence-electron chi connectivity index (χ2n) is 5.18. The Hall–Kier alpha value is -1.31. The van der Waals surface area contributed by atoms with E-state index < -0.39 is 5.97 Å². The first-order chi connectivity index (χ1) is 8.16. The summed E-state index contributed by atoms with van der Waals surface area (Å²) in [7, 11) is 0. The van der Waals surface area contributed by atoms with E-state index in [-0.39, 0.29) is 5.92 Å². The molecule has 0 heterocycles. The molecule has 0 aliphatic heterocycles. The van der Waals surface area contributed by atoms with Crippen LogP contribution in [0.15, 0.2) is 24.3 Å². The van der Waals surface area contributed by atoms with Crippen LogP contribution < -0.4 is 0 Å². The zero-order valence-electron chi connectivity index (χ0n) is 10.4. The Morgan fingerprint density at radius 3 is 2.53 bits per heavy atom. The molecule has 1 aliphatic rings. The Balaban J connectivity index is 2.05. The standard InChI is InChI=1S/C15H20O2/c1-11-6-8-12(9-7-11)10-13-4-2-3-5-14(13)15(16)17/h6-9,13-14H,2-5,10H2,1H3,(H,16,17). The third-order valence-corrected chi connectivity index (χ3v) is 3.84. The Morgan fingerprint density at radius 2 is 1.88 bits per heavy atom. The van der Waals surface area contributed by atoms with Gasteiger partial charge in [0.15, 0.2) is 0 Å². The van der Waals surface area contributed by atoms with Crippen molar-refractivity contribution >= 4 is 5.97 Å². The fourth-order valence-electron chi connectivity index (χ4n) is 2.80. The summed E-state index contributed by atoms with van der Waals surface area (Å²) in [5.74, 6) is -0.421. The molecule has 0 radical (unpaired) electrons. The number of aryl methyl sites for hydroxylation is 1. The minimum atomic E-state index is -0.609. The van der Waals surface area contributed by atoms with E-state index >= 15 is 0 Å². The Morgan fingerprint density at radius 1 is 1.24 bits per heavy atom. The van der Waals surface area contributed by atoms with Gasteiger partial charge in [-0.15, -0.1) is 0 Å². The van der Waals surface area contributed by atoms with Crippen LogP contribution in [0.1, 0.15) is 36.8 Å². The quantitative estimate of drug-likeness (QED) is 0.867. The second-order valence-corrected chi connectivity index (χ2v) is 5.18. The summed E-state index contributed by atoms with van der Waals surface area (Å²) in [6.45, 7) is 2.07. The van der Waals surface area contributed by atoms with Crippen LogP contribution in [0, 0.1) is 18.8 Å². The Bertz CT molecular complexity index is 380. The van der Waals surface area contributed by atoms with Crippen molar-refractivity contribution in [1.82, 2.24) is 0 Å². The predicted molar refractivity (Wildman–Crippen MR) is 68.0 cm³/mol. The van der Waals surface area contributed by atoms with Crippen molar-refractivity contribution in [1.29, 1.82) is 0 Å². The SMILES string of the molecule is Cc1ccc(CC2CCCCC2C(=O)O)cc1. The first kappa shape index (κ1) is 12.2. The van der Waals surface area contributed by atoms with Gasteiger partial charge in [-0.1, -0.05) is 42.7 Å². The summed E-state index contributed by atoms with van der Waals surface area (Å²) in [6, 6.07) is 8.47. The third-order valence-electron chi connectivity index (χ3n) is 3.84. The van der Waals surface area contributed by atoms with Gasteiger partial charge in [0, 0.05) is 0 Å². The molecule has 0 bridgehead atoms. The highest BCUT2D eigenvalue weighted by atomic mass is 16.4. The Labute approximate surface area is 103 Å². The second kappa shape index (κ2) is 5.35. The molecule has 2 rings (SSSR count). The van der Waals surface area contributed by atoms with Gasteiger partial charge >= 0.3 is 5.97 Å². The van der Waals surface area contributed by atoms with E-state index in [2.05, 4.69) is 31.2 Å². The van der Waals surface area contributed by atoms with Gasteiger partial charge in [-0.25, -0.2) is 0 Å². The maximum absolute atomic E-state index is 11.2. The lowest BCUT2D eigenvalue weighted by molar-refractivity contribution is -0.144. The van der Waals surface area contributed by atoms with Gasteiger partial charge in [-0.05, 0) is 37.7 Å². The monoisotopic (exact) mass is 232 g/mol. The zero-order chi connectivity index (χ0) is 12.3. The number of rotatable bonds is 3. The molecule has 2 heteroatoms. The molecule has 92 valence electrons. The van der Waals surface area contributed by atoms with Crippen molar-refractivity contribution in [2.24, 2.45) is 11.8 Å². The van der Waals surface area contributed by atoms with Gasteiger partial charge in [-0.3, -0.25) is 4.79 Å². The summed E-state index contributed by atoms with van der Waals surface area (Å²) in [5.41, 5.74) is 2.53. The van der Waals surface area contributed by atoms with E-state index in [1.807, 2.05) is 0 Å². The van der Waals surface area contributed by atoms with Crippen LogP contribution in [0.25, 0.3) is 0 Å². The largest absolute Gasteiger partial charge is 0.481 e. The zero-order valence-corrected chi connectivity index (χ0v) is 10.4. The van der Waals surface area contributed by atoms with Gasteiger partial charge in [0.2, 0.25) is 0 Å². The maximum Gasteiger partial charge on any atom is 0.306 e. The fraction of sp³-hybridized carbons (Fsp3) is 0.533. The molecule has 0 saturated heterocycles. The number of carbonyl (C=O) groups is 1. The third kappa shape index (κ3) is 3.09. The van der Waals surface area contributed by atoms with Crippen molar-refractivity contribution in [3.05, 3.63) is 35.4 Å². The van der Waals surface area contributed by atoms with Crippen LogP contribution in [-0.4, -0.2) is 11.1 Å². The normalized spacial score (nSPS) is 24.5. The topological polar surface area (TPSA) is 37.3 Å². The summed E-state index contributed by atoms with van der Waals surface area (Å²) in [4.78, 5) is 11.2. The first-order valence-electron chi connectivity index (χ1n) is 6.45. The number of benzene rings is 1. The smallest absolute Gasteiger partial charge is 0.306 e. The van der Waals surface area contributed by atoms with Crippen LogP contribution in [-0.2, 0) is 11.2 Å². The minimum absolute atomic E-state index is 0.134. The highest BCUT2D eigenvalue weighted by Gasteiger charge is 2.30. The number of hydrogen-bond donors (Lipinski definition) is 1. The van der Waals surface area contributed by atoms with Crippen LogP contribution in [0.4, 0.5) is 0 Å². The highest BCUT2D eigenvalue weighted by molar-refractivity contribution is 5.70. The molecule has 1 saturated carbocycles. The molecule has 1 fully saturated rings. The number of carboxylic acids is 1. The minimum Gasteiger partial charge on any atom is -0.481 e.